The summed E-state index contributed by atoms with van der Waals surface area (Å²) in [6.07, 6.45) is 4.04. The van der Waals surface area contributed by atoms with Crippen molar-refractivity contribution >= 4 is 11.8 Å². The van der Waals surface area contributed by atoms with Crippen molar-refractivity contribution in [3.8, 4) is 0 Å². The third kappa shape index (κ3) is 1.34. The monoisotopic (exact) mass is 156 g/mol. The van der Waals surface area contributed by atoms with E-state index >= 15 is 0 Å². The van der Waals surface area contributed by atoms with Crippen molar-refractivity contribution in [1.29, 1.82) is 0 Å². The maximum atomic E-state index is 4.14. The molecule has 3 heteroatoms. The van der Waals surface area contributed by atoms with Gasteiger partial charge in [0.05, 0.1) is 6.20 Å². The van der Waals surface area contributed by atoms with Gasteiger partial charge in [0, 0.05) is 24.1 Å². The normalized spacial score (nSPS) is 10.3. The largest absolute Gasteiger partial charge is 0.273 e. The first kappa shape index (κ1) is 7.66. The van der Waals surface area contributed by atoms with E-state index in [-0.39, 0.29) is 0 Å². The van der Waals surface area contributed by atoms with Crippen LogP contribution in [0.3, 0.4) is 0 Å². The van der Waals surface area contributed by atoms with Crippen LogP contribution in [0.25, 0.3) is 0 Å². The SMILES string of the molecule is CSCc1cnn(C)c1C. The molecule has 1 heterocycles. The molecule has 0 aliphatic carbocycles. The van der Waals surface area contributed by atoms with Gasteiger partial charge in [0.2, 0.25) is 0 Å². The van der Waals surface area contributed by atoms with Crippen LogP contribution in [-0.2, 0) is 12.8 Å². The van der Waals surface area contributed by atoms with E-state index in [9.17, 15) is 0 Å². The number of thioether (sulfide) groups is 1. The van der Waals surface area contributed by atoms with Crippen molar-refractivity contribution in [1.82, 2.24) is 9.78 Å². The zero-order valence-corrected chi connectivity index (χ0v) is 7.40. The molecule has 0 aliphatic heterocycles. The minimum Gasteiger partial charge on any atom is -0.273 e. The lowest BCUT2D eigenvalue weighted by atomic mass is 10.3. The molecule has 0 aromatic carbocycles. The molecule has 56 valence electrons. The summed E-state index contributed by atoms with van der Waals surface area (Å²) < 4.78 is 1.91. The minimum absolute atomic E-state index is 1.07. The average molecular weight is 156 g/mol. The zero-order chi connectivity index (χ0) is 7.56. The summed E-state index contributed by atoms with van der Waals surface area (Å²) in [4.78, 5) is 0. The number of aromatic nitrogens is 2. The predicted molar refractivity (Wildman–Crippen MR) is 45.2 cm³/mol. The van der Waals surface area contributed by atoms with Crippen LogP contribution in [0.1, 0.15) is 11.3 Å². The van der Waals surface area contributed by atoms with E-state index in [2.05, 4.69) is 18.3 Å². The summed E-state index contributed by atoms with van der Waals surface area (Å²) in [5.74, 6) is 1.07. The molecule has 10 heavy (non-hydrogen) atoms. The quantitative estimate of drug-likeness (QED) is 0.647. The fourth-order valence-corrected chi connectivity index (χ4v) is 1.44. The molecule has 1 rings (SSSR count). The van der Waals surface area contributed by atoms with Gasteiger partial charge in [-0.15, -0.1) is 0 Å². The predicted octanol–water partition coefficient (Wildman–Crippen LogP) is 1.59. The molecule has 0 unspecified atom stereocenters. The molecular formula is C7H12N2S. The lowest BCUT2D eigenvalue weighted by molar-refractivity contribution is 0.739. The number of rotatable bonds is 2. The Morgan fingerprint density at radius 1 is 1.70 bits per heavy atom. The highest BCUT2D eigenvalue weighted by molar-refractivity contribution is 7.97. The molecule has 0 fully saturated rings. The Labute approximate surface area is 65.6 Å². The highest BCUT2D eigenvalue weighted by Gasteiger charge is 2.00. The number of aryl methyl sites for hydroxylation is 1. The van der Waals surface area contributed by atoms with Crippen LogP contribution >= 0.6 is 11.8 Å². The number of nitrogens with zero attached hydrogens (tertiary/aromatic N) is 2. The van der Waals surface area contributed by atoms with E-state index in [1.54, 1.807) is 0 Å². The molecule has 0 saturated heterocycles. The van der Waals surface area contributed by atoms with Gasteiger partial charge in [-0.05, 0) is 13.2 Å². The molecule has 2 nitrogen and oxygen atoms in total. The third-order valence-corrected chi connectivity index (χ3v) is 2.24. The van der Waals surface area contributed by atoms with Gasteiger partial charge in [-0.3, -0.25) is 4.68 Å². The number of hydrogen-bond donors (Lipinski definition) is 0. The summed E-state index contributed by atoms with van der Waals surface area (Å²) in [5.41, 5.74) is 2.62. The van der Waals surface area contributed by atoms with Crippen LogP contribution in [-0.4, -0.2) is 16.0 Å². The maximum Gasteiger partial charge on any atom is 0.0532 e. The van der Waals surface area contributed by atoms with Gasteiger partial charge in [0.15, 0.2) is 0 Å². The van der Waals surface area contributed by atoms with E-state index in [0.29, 0.717) is 0 Å². The Bertz CT molecular complexity index is 217. The van der Waals surface area contributed by atoms with E-state index < -0.39 is 0 Å². The van der Waals surface area contributed by atoms with Crippen molar-refractivity contribution in [3.05, 3.63) is 17.5 Å². The van der Waals surface area contributed by atoms with Gasteiger partial charge in [0.25, 0.3) is 0 Å². The van der Waals surface area contributed by atoms with E-state index in [1.807, 2.05) is 29.7 Å². The molecule has 0 amide bonds. The Morgan fingerprint density at radius 2 is 2.40 bits per heavy atom. The topological polar surface area (TPSA) is 17.8 Å². The van der Waals surface area contributed by atoms with Crippen LogP contribution in [0, 0.1) is 6.92 Å². The molecule has 0 bridgehead atoms. The van der Waals surface area contributed by atoms with Gasteiger partial charge in [-0.2, -0.15) is 16.9 Å². The number of hydrogen-bond acceptors (Lipinski definition) is 2. The summed E-state index contributed by atoms with van der Waals surface area (Å²) in [6.45, 7) is 2.10. The first-order valence-electron chi connectivity index (χ1n) is 3.22. The second-order valence-corrected chi connectivity index (χ2v) is 3.18. The van der Waals surface area contributed by atoms with E-state index in [4.69, 9.17) is 0 Å². The van der Waals surface area contributed by atoms with Crippen LogP contribution in [0.5, 0.6) is 0 Å². The minimum atomic E-state index is 1.07. The van der Waals surface area contributed by atoms with Crippen LogP contribution in [0.2, 0.25) is 0 Å². The maximum absolute atomic E-state index is 4.14. The van der Waals surface area contributed by atoms with E-state index in [1.165, 1.54) is 11.3 Å². The van der Waals surface area contributed by atoms with Gasteiger partial charge in [0.1, 0.15) is 0 Å². The van der Waals surface area contributed by atoms with Crippen LogP contribution < -0.4 is 0 Å². The fraction of sp³-hybridized carbons (Fsp3) is 0.571. The first-order valence-corrected chi connectivity index (χ1v) is 4.61. The molecule has 0 saturated carbocycles. The van der Waals surface area contributed by atoms with Crippen LogP contribution in [0.4, 0.5) is 0 Å². The zero-order valence-electron chi connectivity index (χ0n) is 6.59. The molecule has 0 N–H and O–H groups in total. The third-order valence-electron chi connectivity index (χ3n) is 1.64. The van der Waals surface area contributed by atoms with Gasteiger partial charge in [-0.25, -0.2) is 0 Å². The molecule has 0 aliphatic rings. The molecular weight excluding hydrogens is 144 g/mol. The Balaban J connectivity index is 2.83. The molecule has 0 spiro atoms. The van der Waals surface area contributed by atoms with Crippen molar-refractivity contribution < 1.29 is 0 Å². The highest BCUT2D eigenvalue weighted by Crippen LogP contribution is 2.11. The Hall–Kier alpha value is -0.440. The lowest BCUT2D eigenvalue weighted by Crippen LogP contribution is -1.93. The van der Waals surface area contributed by atoms with Gasteiger partial charge < -0.3 is 0 Å². The van der Waals surface area contributed by atoms with Crippen molar-refractivity contribution in [3.63, 3.8) is 0 Å². The smallest absolute Gasteiger partial charge is 0.0532 e. The fourth-order valence-electron chi connectivity index (χ4n) is 0.841. The second kappa shape index (κ2) is 3.10. The first-order chi connectivity index (χ1) is 4.75. The summed E-state index contributed by atoms with van der Waals surface area (Å²) >= 11 is 1.83. The van der Waals surface area contributed by atoms with Gasteiger partial charge in [-0.1, -0.05) is 0 Å². The molecule has 0 radical (unpaired) electrons. The van der Waals surface area contributed by atoms with E-state index in [0.717, 1.165) is 5.75 Å². The molecule has 1 aromatic rings. The highest BCUT2D eigenvalue weighted by atomic mass is 32.2. The van der Waals surface area contributed by atoms with Gasteiger partial charge >= 0.3 is 0 Å². The lowest BCUT2D eigenvalue weighted by Gasteiger charge is -1.95. The molecule has 1 aromatic heterocycles. The standard InChI is InChI=1S/C7H12N2S/c1-6-7(5-10-3)4-8-9(6)2/h4H,5H2,1-3H3. The Kier molecular flexibility index (Phi) is 2.38. The average Bonchev–Trinajstić information content (AvgIpc) is 2.20. The van der Waals surface area contributed by atoms with Crippen molar-refractivity contribution in [2.45, 2.75) is 12.7 Å². The van der Waals surface area contributed by atoms with Crippen molar-refractivity contribution in [2.75, 3.05) is 6.26 Å². The Morgan fingerprint density at radius 3 is 2.80 bits per heavy atom. The van der Waals surface area contributed by atoms with Crippen LogP contribution in [0.15, 0.2) is 6.20 Å². The summed E-state index contributed by atoms with van der Waals surface area (Å²) in [5, 5.41) is 4.14. The molecule has 0 atom stereocenters. The summed E-state index contributed by atoms with van der Waals surface area (Å²) in [7, 11) is 1.97. The van der Waals surface area contributed by atoms with Crippen molar-refractivity contribution in [2.24, 2.45) is 7.05 Å². The second-order valence-electron chi connectivity index (χ2n) is 2.31. The summed E-state index contributed by atoms with van der Waals surface area (Å²) in [6, 6.07) is 0.